The van der Waals surface area contributed by atoms with Crippen molar-refractivity contribution < 1.29 is 17.2 Å². The predicted molar refractivity (Wildman–Crippen MR) is 106 cm³/mol. The number of aromatic nitrogens is 1. The Morgan fingerprint density at radius 3 is 2.71 bits per heavy atom. The third kappa shape index (κ3) is 4.35. The van der Waals surface area contributed by atoms with Gasteiger partial charge in [-0.25, -0.2) is 17.8 Å². The van der Waals surface area contributed by atoms with Crippen molar-refractivity contribution in [2.75, 3.05) is 32.4 Å². The molecular weight excluding hydrogens is 383 g/mol. The average Bonchev–Trinajstić information content (AvgIpc) is 3.11. The van der Waals surface area contributed by atoms with Crippen LogP contribution in [-0.2, 0) is 16.3 Å². The van der Waals surface area contributed by atoms with E-state index in [-0.39, 0.29) is 11.6 Å². The molecule has 1 N–H and O–H groups in total. The van der Waals surface area contributed by atoms with Crippen LogP contribution in [0.2, 0.25) is 0 Å². The summed E-state index contributed by atoms with van der Waals surface area (Å²) in [5.41, 5.74) is 1.48. The highest BCUT2D eigenvalue weighted by Crippen LogP contribution is 2.23. The molecule has 0 bridgehead atoms. The number of benzene rings is 1. The van der Waals surface area contributed by atoms with Crippen molar-refractivity contribution in [3.8, 4) is 11.5 Å². The quantitative estimate of drug-likeness (QED) is 0.616. The van der Waals surface area contributed by atoms with Crippen molar-refractivity contribution in [1.82, 2.24) is 15.2 Å². The highest BCUT2D eigenvalue weighted by Gasteiger charge is 2.40. The van der Waals surface area contributed by atoms with E-state index in [4.69, 9.17) is 4.42 Å². The molecular formula is C19H25FN4O3S. The lowest BCUT2D eigenvalue weighted by Crippen LogP contribution is -2.57. The first-order valence-electron chi connectivity index (χ1n) is 9.10. The molecule has 9 heteroatoms. The van der Waals surface area contributed by atoms with Gasteiger partial charge in [0.05, 0.1) is 16.2 Å². The molecule has 7 nitrogen and oxygen atoms in total. The molecule has 0 atom stereocenters. The number of guanidine groups is 1. The summed E-state index contributed by atoms with van der Waals surface area (Å²) in [4.78, 5) is 10.7. The van der Waals surface area contributed by atoms with Crippen LogP contribution in [0.5, 0.6) is 0 Å². The molecule has 28 heavy (non-hydrogen) atoms. The lowest BCUT2D eigenvalue weighted by Gasteiger charge is -2.39. The van der Waals surface area contributed by atoms with E-state index < -0.39 is 14.6 Å². The maximum Gasteiger partial charge on any atom is 0.226 e. The summed E-state index contributed by atoms with van der Waals surface area (Å²) < 4.78 is 42.0. The van der Waals surface area contributed by atoms with E-state index >= 15 is 0 Å². The Balaban J connectivity index is 1.56. The Morgan fingerprint density at radius 2 is 2.07 bits per heavy atom. The fraction of sp³-hybridized carbons (Fsp3) is 0.474. The van der Waals surface area contributed by atoms with Gasteiger partial charge in [0.15, 0.2) is 15.8 Å². The predicted octanol–water partition coefficient (Wildman–Crippen LogP) is 2.11. The Kier molecular flexibility index (Phi) is 5.74. The third-order valence-corrected chi connectivity index (χ3v) is 7.39. The zero-order valence-electron chi connectivity index (χ0n) is 16.3. The molecule has 0 aliphatic carbocycles. The number of oxazole rings is 1. The summed E-state index contributed by atoms with van der Waals surface area (Å²) in [6, 6.07) is 5.98. The van der Waals surface area contributed by atoms with Gasteiger partial charge in [-0.1, -0.05) is 0 Å². The Morgan fingerprint density at radius 1 is 1.36 bits per heavy atom. The summed E-state index contributed by atoms with van der Waals surface area (Å²) in [5.74, 6) is 0.928. The molecule has 3 rings (SSSR count). The van der Waals surface area contributed by atoms with Gasteiger partial charge < -0.3 is 14.6 Å². The van der Waals surface area contributed by atoms with E-state index in [0.29, 0.717) is 43.5 Å². The van der Waals surface area contributed by atoms with Gasteiger partial charge in [0, 0.05) is 38.7 Å². The maximum atomic E-state index is 13.0. The lowest BCUT2D eigenvalue weighted by atomic mass is 10.2. The minimum absolute atomic E-state index is 0.116. The molecule has 0 spiro atoms. The molecule has 1 aliphatic heterocycles. The van der Waals surface area contributed by atoms with E-state index in [2.05, 4.69) is 15.3 Å². The molecule has 0 radical (unpaired) electrons. The molecule has 1 aliphatic rings. The smallest absolute Gasteiger partial charge is 0.226 e. The summed E-state index contributed by atoms with van der Waals surface area (Å²) in [5, 5.41) is 3.26. The Labute approximate surface area is 164 Å². The summed E-state index contributed by atoms with van der Waals surface area (Å²) in [7, 11) is -1.41. The minimum Gasteiger partial charge on any atom is -0.444 e. The van der Waals surface area contributed by atoms with Crippen LogP contribution in [0.15, 0.2) is 39.9 Å². The number of aliphatic imine (C=N–C) groups is 1. The SMILES string of the molecule is CN=C(NCCc1coc(-c2ccc(F)cc2)n1)N1CCS(=O)(=O)C(C)(C)C1. The van der Waals surface area contributed by atoms with Gasteiger partial charge >= 0.3 is 0 Å². The van der Waals surface area contributed by atoms with Crippen molar-refractivity contribution in [3.05, 3.63) is 42.0 Å². The largest absolute Gasteiger partial charge is 0.444 e. The second-order valence-electron chi connectivity index (χ2n) is 7.37. The summed E-state index contributed by atoms with van der Waals surface area (Å²) in [6.45, 7) is 4.88. The van der Waals surface area contributed by atoms with Gasteiger partial charge in [-0.2, -0.15) is 0 Å². The van der Waals surface area contributed by atoms with Gasteiger partial charge in [0.2, 0.25) is 5.89 Å². The number of nitrogens with zero attached hydrogens (tertiary/aromatic N) is 3. The average molecular weight is 408 g/mol. The molecule has 0 amide bonds. The number of rotatable bonds is 4. The minimum atomic E-state index is -3.10. The first-order valence-corrected chi connectivity index (χ1v) is 10.8. The van der Waals surface area contributed by atoms with Crippen molar-refractivity contribution in [1.29, 1.82) is 0 Å². The molecule has 1 fully saturated rings. The van der Waals surface area contributed by atoms with Crippen molar-refractivity contribution in [2.45, 2.75) is 25.0 Å². The molecule has 152 valence electrons. The van der Waals surface area contributed by atoms with Crippen LogP contribution in [0, 0.1) is 5.82 Å². The van der Waals surface area contributed by atoms with Crippen molar-refractivity contribution in [3.63, 3.8) is 0 Å². The third-order valence-electron chi connectivity index (χ3n) is 4.86. The van der Waals surface area contributed by atoms with Crippen LogP contribution >= 0.6 is 0 Å². The fourth-order valence-electron chi connectivity index (χ4n) is 3.11. The molecule has 1 aromatic heterocycles. The number of hydrogen-bond acceptors (Lipinski definition) is 5. The van der Waals surface area contributed by atoms with E-state index in [9.17, 15) is 12.8 Å². The monoisotopic (exact) mass is 408 g/mol. The van der Waals surface area contributed by atoms with Gasteiger partial charge in [-0.3, -0.25) is 4.99 Å². The van der Waals surface area contributed by atoms with Crippen LogP contribution < -0.4 is 5.32 Å². The molecule has 0 unspecified atom stereocenters. The molecule has 0 saturated carbocycles. The van der Waals surface area contributed by atoms with E-state index in [0.717, 1.165) is 5.69 Å². The number of nitrogens with one attached hydrogen (secondary N) is 1. The van der Waals surface area contributed by atoms with Gasteiger partial charge in [-0.15, -0.1) is 0 Å². The first-order chi connectivity index (χ1) is 13.2. The highest BCUT2D eigenvalue weighted by molar-refractivity contribution is 7.92. The van der Waals surface area contributed by atoms with E-state index in [1.54, 1.807) is 39.3 Å². The van der Waals surface area contributed by atoms with Crippen LogP contribution in [0.3, 0.4) is 0 Å². The molecule has 2 aromatic rings. The fourth-order valence-corrected chi connectivity index (χ4v) is 4.47. The zero-order chi connectivity index (χ0) is 20.4. The Bertz CT molecular complexity index is 952. The van der Waals surface area contributed by atoms with Crippen LogP contribution in [0.4, 0.5) is 4.39 Å². The summed E-state index contributed by atoms with van der Waals surface area (Å²) in [6.07, 6.45) is 2.19. The van der Waals surface area contributed by atoms with Crippen molar-refractivity contribution >= 4 is 15.8 Å². The normalized spacial score (nSPS) is 18.9. The maximum absolute atomic E-state index is 13.0. The van der Waals surface area contributed by atoms with Crippen molar-refractivity contribution in [2.24, 2.45) is 4.99 Å². The van der Waals surface area contributed by atoms with Crippen LogP contribution in [0.25, 0.3) is 11.5 Å². The summed E-state index contributed by atoms with van der Waals surface area (Å²) >= 11 is 0. The van der Waals surface area contributed by atoms with Crippen LogP contribution in [0.1, 0.15) is 19.5 Å². The second kappa shape index (κ2) is 7.90. The number of hydrogen-bond donors (Lipinski definition) is 1. The second-order valence-corrected chi connectivity index (χ2v) is 10.1. The van der Waals surface area contributed by atoms with Crippen LogP contribution in [-0.4, -0.2) is 61.4 Å². The molecule has 2 heterocycles. The number of sulfone groups is 1. The standard InChI is InChI=1S/C19H25FN4O3S/c1-19(2)13-24(10-11-28(19,25)26)18(21-3)22-9-8-16-12-27-17(23-16)14-4-6-15(20)7-5-14/h4-7,12H,8-11,13H2,1-3H3,(H,21,22). The Hall–Kier alpha value is -2.42. The lowest BCUT2D eigenvalue weighted by molar-refractivity contribution is 0.353. The van der Waals surface area contributed by atoms with Gasteiger partial charge in [-0.05, 0) is 38.1 Å². The van der Waals surface area contributed by atoms with Gasteiger partial charge in [0.25, 0.3) is 0 Å². The van der Waals surface area contributed by atoms with E-state index in [1.807, 2.05) is 4.90 Å². The topological polar surface area (TPSA) is 87.8 Å². The van der Waals surface area contributed by atoms with E-state index in [1.165, 1.54) is 12.1 Å². The zero-order valence-corrected chi connectivity index (χ0v) is 17.1. The number of halogens is 1. The molecule has 1 saturated heterocycles. The highest BCUT2D eigenvalue weighted by atomic mass is 32.2. The molecule has 1 aromatic carbocycles. The first kappa shape index (κ1) is 20.3. The van der Waals surface area contributed by atoms with Gasteiger partial charge in [0.1, 0.15) is 12.1 Å².